The van der Waals surface area contributed by atoms with Gasteiger partial charge in [-0.15, -0.1) is 0 Å². The van der Waals surface area contributed by atoms with Crippen molar-refractivity contribution in [3.05, 3.63) is 193 Å². The van der Waals surface area contributed by atoms with Crippen LogP contribution in [-0.4, -0.2) is 18.7 Å². The number of nitrogens with zero attached hydrogens (tertiary/aromatic N) is 4. The SMILES string of the molecule is CC1(C)c2ccccc2-c2c1c1c3ccccc3n(-c3cccc(-n4c(-c5ccccc5)nc5ccccc54)c3)c1c1c3ccccc3n(-c3ccccc3)c21. The molecule has 3 aromatic heterocycles. The second-order valence-corrected chi connectivity index (χ2v) is 15.6. The van der Waals surface area contributed by atoms with Crippen LogP contribution >= 0.6 is 0 Å². The van der Waals surface area contributed by atoms with Gasteiger partial charge in [0.25, 0.3) is 0 Å². The van der Waals surface area contributed by atoms with Crippen LogP contribution in [0, 0.1) is 0 Å². The number of imidazole rings is 1. The van der Waals surface area contributed by atoms with Crippen molar-refractivity contribution in [2.24, 2.45) is 0 Å². The topological polar surface area (TPSA) is 27.7 Å². The van der Waals surface area contributed by atoms with Crippen LogP contribution in [0.1, 0.15) is 25.0 Å². The summed E-state index contributed by atoms with van der Waals surface area (Å²) in [6.07, 6.45) is 0. The van der Waals surface area contributed by atoms with Crippen molar-refractivity contribution in [1.82, 2.24) is 18.7 Å². The largest absolute Gasteiger partial charge is 0.309 e. The summed E-state index contributed by atoms with van der Waals surface area (Å²) in [4.78, 5) is 5.19. The first-order valence-corrected chi connectivity index (χ1v) is 19.4. The van der Waals surface area contributed by atoms with Gasteiger partial charge in [-0.3, -0.25) is 4.57 Å². The molecular weight excluding hydrogens is 681 g/mol. The molecule has 1 aliphatic carbocycles. The van der Waals surface area contributed by atoms with Crippen LogP contribution in [0.4, 0.5) is 0 Å². The highest BCUT2D eigenvalue weighted by atomic mass is 15.1. The zero-order valence-corrected chi connectivity index (χ0v) is 31.1. The maximum absolute atomic E-state index is 5.19. The zero-order chi connectivity index (χ0) is 37.1. The van der Waals surface area contributed by atoms with Gasteiger partial charge in [0.2, 0.25) is 0 Å². The van der Waals surface area contributed by atoms with E-state index in [2.05, 4.69) is 210 Å². The average Bonchev–Trinajstić information content (AvgIpc) is 3.97. The Bertz CT molecular complexity index is 3380. The summed E-state index contributed by atoms with van der Waals surface area (Å²) in [5.41, 5.74) is 16.5. The maximum atomic E-state index is 5.19. The molecule has 1 aliphatic rings. The monoisotopic (exact) mass is 716 g/mol. The Labute approximate surface area is 324 Å². The van der Waals surface area contributed by atoms with Gasteiger partial charge < -0.3 is 9.13 Å². The molecule has 4 nitrogen and oxygen atoms in total. The number of fused-ring (bicyclic) bond motifs is 13. The minimum absolute atomic E-state index is 0.243. The lowest BCUT2D eigenvalue weighted by Gasteiger charge is -2.23. The van der Waals surface area contributed by atoms with Crippen LogP contribution in [0.2, 0.25) is 0 Å². The Morgan fingerprint density at radius 3 is 1.75 bits per heavy atom. The summed E-state index contributed by atoms with van der Waals surface area (Å²) in [6.45, 7) is 4.83. The number of para-hydroxylation sites is 5. The maximum Gasteiger partial charge on any atom is 0.145 e. The third kappa shape index (κ3) is 4.10. The number of hydrogen-bond donors (Lipinski definition) is 0. The van der Waals surface area contributed by atoms with E-state index in [4.69, 9.17) is 4.98 Å². The predicted molar refractivity (Wildman–Crippen MR) is 233 cm³/mol. The molecule has 0 fully saturated rings. The van der Waals surface area contributed by atoms with Gasteiger partial charge >= 0.3 is 0 Å². The fourth-order valence-corrected chi connectivity index (χ4v) is 9.91. The number of aromatic nitrogens is 4. The van der Waals surface area contributed by atoms with Gasteiger partial charge in [-0.2, -0.15) is 0 Å². The molecule has 3 heterocycles. The molecule has 0 radical (unpaired) electrons. The molecule has 4 heteroatoms. The number of benzene rings is 8. The zero-order valence-electron chi connectivity index (χ0n) is 31.1. The molecule has 0 N–H and O–H groups in total. The molecule has 0 bridgehead atoms. The molecule has 11 aromatic rings. The molecule has 56 heavy (non-hydrogen) atoms. The highest BCUT2D eigenvalue weighted by Crippen LogP contribution is 2.58. The van der Waals surface area contributed by atoms with Crippen LogP contribution in [0.3, 0.4) is 0 Å². The van der Waals surface area contributed by atoms with E-state index in [9.17, 15) is 0 Å². The minimum Gasteiger partial charge on any atom is -0.309 e. The highest BCUT2D eigenvalue weighted by molar-refractivity contribution is 6.31. The van der Waals surface area contributed by atoms with Crippen LogP contribution in [0.15, 0.2) is 182 Å². The fourth-order valence-electron chi connectivity index (χ4n) is 9.91. The van der Waals surface area contributed by atoms with Crippen molar-refractivity contribution in [2.75, 3.05) is 0 Å². The summed E-state index contributed by atoms with van der Waals surface area (Å²) in [5.74, 6) is 0.928. The van der Waals surface area contributed by atoms with Crippen LogP contribution in [0.5, 0.6) is 0 Å². The average molecular weight is 717 g/mol. The van der Waals surface area contributed by atoms with Crippen molar-refractivity contribution >= 4 is 54.6 Å². The van der Waals surface area contributed by atoms with E-state index in [-0.39, 0.29) is 5.41 Å². The molecule has 264 valence electrons. The molecule has 0 unspecified atom stereocenters. The lowest BCUT2D eigenvalue weighted by Crippen LogP contribution is -2.15. The van der Waals surface area contributed by atoms with E-state index in [1.54, 1.807) is 0 Å². The predicted octanol–water partition coefficient (Wildman–Crippen LogP) is 13.2. The van der Waals surface area contributed by atoms with Crippen molar-refractivity contribution in [3.63, 3.8) is 0 Å². The van der Waals surface area contributed by atoms with Gasteiger partial charge in [-0.1, -0.05) is 141 Å². The lowest BCUT2D eigenvalue weighted by atomic mass is 9.80. The Kier molecular flexibility index (Phi) is 6.37. The van der Waals surface area contributed by atoms with Crippen LogP contribution in [0.25, 0.3) is 94.2 Å². The van der Waals surface area contributed by atoms with Gasteiger partial charge in [-0.25, -0.2) is 4.98 Å². The number of rotatable bonds is 4. The molecular formula is C52H36N4. The van der Waals surface area contributed by atoms with Gasteiger partial charge in [0, 0.05) is 55.1 Å². The molecule has 0 saturated carbocycles. The molecule has 0 amide bonds. The highest BCUT2D eigenvalue weighted by Gasteiger charge is 2.41. The Hall–Kier alpha value is -7.17. The first-order chi connectivity index (χ1) is 27.6. The normalized spacial score (nSPS) is 13.3. The van der Waals surface area contributed by atoms with E-state index in [1.165, 1.54) is 65.9 Å². The van der Waals surface area contributed by atoms with Crippen LogP contribution in [-0.2, 0) is 5.41 Å². The fraction of sp³-hybridized carbons (Fsp3) is 0.0577. The Morgan fingerprint density at radius 1 is 0.446 bits per heavy atom. The van der Waals surface area contributed by atoms with Crippen molar-refractivity contribution in [1.29, 1.82) is 0 Å². The molecule has 0 atom stereocenters. The Balaban J connectivity index is 1.27. The van der Waals surface area contributed by atoms with E-state index < -0.39 is 0 Å². The summed E-state index contributed by atoms with van der Waals surface area (Å²) in [6, 6.07) is 66.0. The van der Waals surface area contributed by atoms with Gasteiger partial charge in [-0.05, 0) is 71.3 Å². The van der Waals surface area contributed by atoms with Gasteiger partial charge in [0.05, 0.1) is 33.1 Å². The summed E-state index contributed by atoms with van der Waals surface area (Å²) in [7, 11) is 0. The summed E-state index contributed by atoms with van der Waals surface area (Å²) in [5, 5.41) is 5.10. The standard InChI is InChI=1S/C52H36N4/c1-52(2)40-27-12-9-24-37(40)45-48(52)46-38-25-10-14-29-42(38)55(50(46)47-39-26-11-15-30-43(39)54(49(45)47)34-20-7-4-8-21-34)35-22-17-23-36(32-35)56-44-31-16-13-28-41(44)53-51(56)33-18-5-3-6-19-33/h3-32H,1-2H3. The minimum atomic E-state index is -0.243. The third-order valence-electron chi connectivity index (χ3n) is 12.2. The van der Waals surface area contributed by atoms with E-state index in [0.717, 1.165) is 39.5 Å². The van der Waals surface area contributed by atoms with Gasteiger partial charge in [0.1, 0.15) is 5.82 Å². The number of hydrogen-bond acceptors (Lipinski definition) is 1. The summed E-state index contributed by atoms with van der Waals surface area (Å²) >= 11 is 0. The summed E-state index contributed by atoms with van der Waals surface area (Å²) < 4.78 is 7.37. The van der Waals surface area contributed by atoms with E-state index >= 15 is 0 Å². The lowest BCUT2D eigenvalue weighted by molar-refractivity contribution is 0.667. The third-order valence-corrected chi connectivity index (χ3v) is 12.2. The molecule has 12 rings (SSSR count). The van der Waals surface area contributed by atoms with Crippen LogP contribution < -0.4 is 0 Å². The van der Waals surface area contributed by atoms with E-state index in [1.807, 2.05) is 0 Å². The first-order valence-electron chi connectivity index (χ1n) is 19.4. The second-order valence-electron chi connectivity index (χ2n) is 15.6. The van der Waals surface area contributed by atoms with E-state index in [0.29, 0.717) is 0 Å². The first kappa shape index (κ1) is 31.2. The van der Waals surface area contributed by atoms with Gasteiger partial charge in [0.15, 0.2) is 0 Å². The molecule has 0 spiro atoms. The molecule has 8 aromatic carbocycles. The van der Waals surface area contributed by atoms with Crippen molar-refractivity contribution < 1.29 is 0 Å². The Morgan fingerprint density at radius 2 is 1.00 bits per heavy atom. The molecule has 0 aliphatic heterocycles. The van der Waals surface area contributed by atoms with Crippen molar-refractivity contribution in [3.8, 4) is 39.6 Å². The smallest absolute Gasteiger partial charge is 0.145 e. The quantitative estimate of drug-likeness (QED) is 0.178. The second kappa shape index (κ2) is 11.4. The molecule has 0 saturated heterocycles. The van der Waals surface area contributed by atoms with Crippen molar-refractivity contribution in [2.45, 2.75) is 19.3 Å².